The first-order chi connectivity index (χ1) is 8.79. The van der Waals surface area contributed by atoms with Gasteiger partial charge in [-0.1, -0.05) is 0 Å². The Morgan fingerprint density at radius 3 is 1.50 bits per heavy atom. The van der Waals surface area contributed by atoms with E-state index in [0.717, 1.165) is 35.3 Å². The van der Waals surface area contributed by atoms with Gasteiger partial charge in [0.25, 0.3) is 15.7 Å². The Labute approximate surface area is 145 Å². The molecular formula is C9H9N3O3S4Zn. The molecule has 6 N–H and O–H groups in total. The van der Waals surface area contributed by atoms with Gasteiger partial charge in [0.1, 0.15) is 0 Å². The number of carbonyl (C=O) groups is 3. The molecule has 0 atom stereocenters. The van der Waals surface area contributed by atoms with E-state index in [-0.39, 0.29) is 19.5 Å². The van der Waals surface area contributed by atoms with Gasteiger partial charge in [0.2, 0.25) is 0 Å². The molecule has 0 radical (unpaired) electrons. The van der Waals surface area contributed by atoms with Gasteiger partial charge >= 0.3 is 0 Å². The van der Waals surface area contributed by atoms with Crippen molar-refractivity contribution in [1.29, 1.82) is 0 Å². The third-order valence-corrected chi connectivity index (χ3v) is 4.60. The van der Waals surface area contributed by atoms with Crippen LogP contribution in [-0.2, 0) is 19.5 Å². The zero-order valence-electron chi connectivity index (χ0n) is 9.99. The summed E-state index contributed by atoms with van der Waals surface area (Å²) in [5, 5.41) is -1.88. The molecule has 0 heterocycles. The molecule has 0 bridgehead atoms. The molecule has 0 aliphatic heterocycles. The van der Waals surface area contributed by atoms with E-state index >= 15 is 0 Å². The standard InChI is InChI=1S/C9H9N3O3S4.Zn/c10-7(13)17-3-1-4(18-8(11)14)6(16)5(2-3)19-9(12)15;/h1-2,16H,(H2,10,13)(H2,11,14)(H2,12,15);. The Morgan fingerprint density at radius 2 is 1.20 bits per heavy atom. The van der Waals surface area contributed by atoms with Gasteiger partial charge < -0.3 is 17.2 Å². The fourth-order valence-electron chi connectivity index (χ4n) is 1.11. The molecule has 20 heavy (non-hydrogen) atoms. The quantitative estimate of drug-likeness (QED) is 0.350. The van der Waals surface area contributed by atoms with Crippen molar-refractivity contribution >= 4 is 63.6 Å². The number of thiol groups is 1. The van der Waals surface area contributed by atoms with E-state index in [4.69, 9.17) is 17.2 Å². The first-order valence-electron chi connectivity index (χ1n) is 4.58. The maximum absolute atomic E-state index is 10.9. The molecule has 104 valence electrons. The summed E-state index contributed by atoms with van der Waals surface area (Å²) in [7, 11) is 0. The van der Waals surface area contributed by atoms with E-state index in [0.29, 0.717) is 19.6 Å². The van der Waals surface area contributed by atoms with Crippen molar-refractivity contribution in [1.82, 2.24) is 0 Å². The van der Waals surface area contributed by atoms with E-state index in [1.54, 1.807) is 0 Å². The second kappa shape index (κ2) is 8.83. The number of rotatable bonds is 3. The van der Waals surface area contributed by atoms with Crippen LogP contribution in [0.1, 0.15) is 0 Å². The van der Waals surface area contributed by atoms with Crippen LogP contribution in [0.3, 0.4) is 0 Å². The normalized spacial score (nSPS) is 9.65. The Bertz CT molecular complexity index is 518. The third-order valence-electron chi connectivity index (χ3n) is 1.65. The van der Waals surface area contributed by atoms with Gasteiger partial charge in [0.05, 0.1) is 0 Å². The Morgan fingerprint density at radius 1 is 0.850 bits per heavy atom. The smallest absolute Gasteiger partial charge is 0.281 e. The monoisotopic (exact) mass is 399 g/mol. The minimum atomic E-state index is -0.633. The van der Waals surface area contributed by atoms with Gasteiger partial charge in [-0.25, -0.2) is 0 Å². The molecule has 0 spiro atoms. The molecule has 1 rings (SSSR count). The first kappa shape index (κ1) is 19.7. The summed E-state index contributed by atoms with van der Waals surface area (Å²) < 4.78 is 0. The van der Waals surface area contributed by atoms with Crippen molar-refractivity contribution in [3.05, 3.63) is 12.1 Å². The molecular weight excluding hydrogens is 392 g/mol. The topological polar surface area (TPSA) is 129 Å². The van der Waals surface area contributed by atoms with Gasteiger partial charge in [-0.3, -0.25) is 14.4 Å². The number of primary amides is 3. The van der Waals surface area contributed by atoms with Crippen molar-refractivity contribution in [2.75, 3.05) is 0 Å². The van der Waals surface area contributed by atoms with Gasteiger partial charge in [0.15, 0.2) is 0 Å². The summed E-state index contributed by atoms with van der Waals surface area (Å²) in [6, 6.07) is 3.08. The summed E-state index contributed by atoms with van der Waals surface area (Å²) in [6.07, 6.45) is 0. The molecule has 0 fully saturated rings. The Balaban J connectivity index is 0.00000361. The van der Waals surface area contributed by atoms with Gasteiger partial charge in [-0.15, -0.1) is 12.6 Å². The number of nitrogens with two attached hydrogens (primary N) is 3. The van der Waals surface area contributed by atoms with E-state index in [2.05, 4.69) is 12.6 Å². The van der Waals surface area contributed by atoms with Crippen LogP contribution >= 0.6 is 47.9 Å². The van der Waals surface area contributed by atoms with Crippen LogP contribution in [0.15, 0.2) is 31.7 Å². The van der Waals surface area contributed by atoms with Crippen LogP contribution in [0, 0.1) is 0 Å². The predicted octanol–water partition coefficient (Wildman–Crippen LogP) is 2.49. The Kier molecular flexibility index (Phi) is 8.68. The largest absolute Gasteiger partial charge is 0.360 e. The van der Waals surface area contributed by atoms with E-state index in [1.807, 2.05) is 0 Å². The fraction of sp³-hybridized carbons (Fsp3) is 0. The third kappa shape index (κ3) is 6.40. The van der Waals surface area contributed by atoms with E-state index in [1.165, 1.54) is 12.1 Å². The Hall–Kier alpha value is -0.347. The minimum absolute atomic E-state index is 0. The van der Waals surface area contributed by atoms with Crippen LogP contribution in [0.5, 0.6) is 0 Å². The number of amides is 3. The number of carbonyl (C=O) groups excluding carboxylic acids is 3. The molecule has 6 nitrogen and oxygen atoms in total. The molecule has 0 saturated carbocycles. The van der Waals surface area contributed by atoms with Gasteiger partial charge in [0, 0.05) is 39.1 Å². The van der Waals surface area contributed by atoms with Crippen molar-refractivity contribution in [2.24, 2.45) is 17.2 Å². The van der Waals surface area contributed by atoms with Crippen LogP contribution < -0.4 is 17.2 Å². The molecule has 1 aromatic rings. The molecule has 0 aliphatic rings. The van der Waals surface area contributed by atoms with Crippen LogP contribution in [0.2, 0.25) is 0 Å². The molecule has 0 aromatic heterocycles. The fourth-order valence-corrected chi connectivity index (χ4v) is 3.53. The molecule has 0 unspecified atom stereocenters. The maximum atomic E-state index is 10.9. The van der Waals surface area contributed by atoms with Crippen molar-refractivity contribution in [2.45, 2.75) is 19.6 Å². The SMILES string of the molecule is NC(=O)Sc1cc(SC(N)=O)c(S)c(SC(N)=O)c1.[Zn]. The molecule has 11 heteroatoms. The number of hydrogen-bond donors (Lipinski definition) is 4. The van der Waals surface area contributed by atoms with Gasteiger partial charge in [-0.2, -0.15) is 0 Å². The number of thioether (sulfide) groups is 3. The predicted molar refractivity (Wildman–Crippen MR) is 80.0 cm³/mol. The number of benzene rings is 1. The second-order valence-electron chi connectivity index (χ2n) is 3.03. The van der Waals surface area contributed by atoms with Crippen molar-refractivity contribution in [3.8, 4) is 0 Å². The van der Waals surface area contributed by atoms with Crippen LogP contribution in [-0.4, -0.2) is 15.7 Å². The molecule has 0 saturated heterocycles. The van der Waals surface area contributed by atoms with Crippen LogP contribution in [0.4, 0.5) is 14.4 Å². The average molecular weight is 401 g/mol. The van der Waals surface area contributed by atoms with Crippen LogP contribution in [0.25, 0.3) is 0 Å². The average Bonchev–Trinajstić information content (AvgIpc) is 2.22. The minimum Gasteiger partial charge on any atom is -0.360 e. The summed E-state index contributed by atoms with van der Waals surface area (Å²) in [5.41, 5.74) is 15.3. The van der Waals surface area contributed by atoms with E-state index in [9.17, 15) is 14.4 Å². The van der Waals surface area contributed by atoms with Gasteiger partial charge in [-0.05, 0) is 47.4 Å². The van der Waals surface area contributed by atoms with E-state index < -0.39 is 15.7 Å². The molecule has 1 aromatic carbocycles. The summed E-state index contributed by atoms with van der Waals surface area (Å²) >= 11 is 6.46. The number of hydrogen-bond acceptors (Lipinski definition) is 7. The maximum Gasteiger partial charge on any atom is 0.281 e. The van der Waals surface area contributed by atoms with Crippen molar-refractivity contribution < 1.29 is 33.9 Å². The summed E-state index contributed by atoms with van der Waals surface area (Å²) in [4.78, 5) is 34.5. The van der Waals surface area contributed by atoms with Crippen molar-refractivity contribution in [3.63, 3.8) is 0 Å². The molecule has 0 aliphatic carbocycles. The summed E-state index contributed by atoms with van der Waals surface area (Å²) in [5.74, 6) is 0. The summed E-state index contributed by atoms with van der Waals surface area (Å²) in [6.45, 7) is 0. The second-order valence-corrected chi connectivity index (χ2v) is 6.65. The first-order valence-corrected chi connectivity index (χ1v) is 7.48. The zero-order chi connectivity index (χ0) is 14.6. The zero-order valence-corrected chi connectivity index (χ0v) is 16.3. The molecule has 3 amide bonds.